The molecule has 0 radical (unpaired) electrons. The number of nitrogens with zero attached hydrogens (tertiary/aromatic N) is 3. The second kappa shape index (κ2) is 3.49. The van der Waals surface area contributed by atoms with Crippen molar-refractivity contribution >= 4 is 23.1 Å². The minimum Gasteiger partial charge on any atom is -0.338 e. The summed E-state index contributed by atoms with van der Waals surface area (Å²) >= 11 is 1.78. The van der Waals surface area contributed by atoms with E-state index in [9.17, 15) is 0 Å². The molecule has 0 saturated carbocycles. The Bertz CT molecular complexity index is 554. The van der Waals surface area contributed by atoms with Crippen LogP contribution in [0.25, 0.3) is 0 Å². The third kappa shape index (κ3) is 1.38. The molecule has 1 aliphatic rings. The predicted molar refractivity (Wildman–Crippen MR) is 64.0 cm³/mol. The molecule has 2 aromatic heterocycles. The molecule has 3 rings (SSSR count). The lowest BCUT2D eigenvalue weighted by molar-refractivity contribution is -0.671. The number of rotatable bonds is 0. The van der Waals surface area contributed by atoms with Gasteiger partial charge in [0.05, 0.1) is 10.6 Å². The van der Waals surface area contributed by atoms with E-state index in [1.165, 1.54) is 21.2 Å². The van der Waals surface area contributed by atoms with E-state index in [1.54, 1.807) is 11.8 Å². The highest BCUT2D eigenvalue weighted by Crippen LogP contribution is 2.45. The monoisotopic (exact) mass is 230 g/mol. The summed E-state index contributed by atoms with van der Waals surface area (Å²) in [6.07, 6.45) is 7.98. The molecule has 0 aliphatic carbocycles. The van der Waals surface area contributed by atoms with Gasteiger partial charge in [-0.25, -0.2) is 4.57 Å². The van der Waals surface area contributed by atoms with Crippen molar-refractivity contribution in [1.29, 1.82) is 0 Å². The number of hydrogen-bond acceptors (Lipinski definition) is 3. The van der Waals surface area contributed by atoms with Gasteiger partial charge in [0.2, 0.25) is 0 Å². The highest BCUT2D eigenvalue weighted by atomic mass is 32.2. The van der Waals surface area contributed by atoms with Crippen molar-refractivity contribution < 1.29 is 4.57 Å². The molecule has 0 unspecified atom stereocenters. The first-order valence-electron chi connectivity index (χ1n) is 5.10. The summed E-state index contributed by atoms with van der Waals surface area (Å²) in [6, 6.07) is 4.20. The normalized spacial score (nSPS) is 13.2. The maximum Gasteiger partial charge on any atom is 0.193 e. The summed E-state index contributed by atoms with van der Waals surface area (Å²) in [5.41, 5.74) is 2.47. The smallest absolute Gasteiger partial charge is 0.193 e. The zero-order chi connectivity index (χ0) is 11.1. The van der Waals surface area contributed by atoms with E-state index < -0.39 is 0 Å². The standard InChI is InChI=1S/C12H12N3S/c1-14-6-4-11-10(8-14)15(2)9-3-5-13-7-12(9)16-11/h3-8H,1-2H3/q+1. The molecule has 0 saturated heterocycles. The Labute approximate surface area is 98.7 Å². The van der Waals surface area contributed by atoms with Gasteiger partial charge in [0, 0.05) is 30.4 Å². The second-order valence-electron chi connectivity index (χ2n) is 3.86. The molecular formula is C12H12N3S+. The van der Waals surface area contributed by atoms with Crippen LogP contribution in [-0.2, 0) is 7.05 Å². The van der Waals surface area contributed by atoms with E-state index in [1.807, 2.05) is 19.4 Å². The molecule has 0 amide bonds. The number of aromatic nitrogens is 2. The Balaban J connectivity index is 2.19. The molecule has 0 bridgehead atoms. The van der Waals surface area contributed by atoms with Crippen LogP contribution in [0.1, 0.15) is 0 Å². The fourth-order valence-electron chi connectivity index (χ4n) is 1.88. The van der Waals surface area contributed by atoms with Crippen LogP contribution in [0.4, 0.5) is 11.4 Å². The maximum absolute atomic E-state index is 4.17. The second-order valence-corrected chi connectivity index (χ2v) is 4.95. The van der Waals surface area contributed by atoms with E-state index in [4.69, 9.17) is 0 Å². The van der Waals surface area contributed by atoms with Crippen LogP contribution in [0, 0.1) is 0 Å². The molecule has 0 atom stereocenters. The summed E-state index contributed by atoms with van der Waals surface area (Å²) in [7, 11) is 4.14. The van der Waals surface area contributed by atoms with E-state index in [-0.39, 0.29) is 0 Å². The summed E-state index contributed by atoms with van der Waals surface area (Å²) < 4.78 is 2.07. The summed E-state index contributed by atoms with van der Waals surface area (Å²) in [6.45, 7) is 0. The van der Waals surface area contributed by atoms with Gasteiger partial charge in [0.1, 0.15) is 12.7 Å². The highest BCUT2D eigenvalue weighted by Gasteiger charge is 2.22. The van der Waals surface area contributed by atoms with Gasteiger partial charge in [-0.2, -0.15) is 0 Å². The molecule has 2 aromatic rings. The number of pyridine rings is 2. The topological polar surface area (TPSA) is 20.0 Å². The van der Waals surface area contributed by atoms with Crippen molar-refractivity contribution in [3.63, 3.8) is 0 Å². The van der Waals surface area contributed by atoms with Crippen LogP contribution >= 0.6 is 11.8 Å². The Morgan fingerprint density at radius 1 is 1.25 bits per heavy atom. The molecule has 80 valence electrons. The lowest BCUT2D eigenvalue weighted by Crippen LogP contribution is -2.29. The van der Waals surface area contributed by atoms with Crippen molar-refractivity contribution in [3.05, 3.63) is 36.9 Å². The van der Waals surface area contributed by atoms with Crippen LogP contribution in [0.2, 0.25) is 0 Å². The molecule has 4 heteroatoms. The van der Waals surface area contributed by atoms with Crippen molar-refractivity contribution in [2.45, 2.75) is 9.79 Å². The van der Waals surface area contributed by atoms with Crippen LogP contribution < -0.4 is 9.47 Å². The van der Waals surface area contributed by atoms with Gasteiger partial charge in [-0.3, -0.25) is 4.98 Å². The Kier molecular flexibility index (Phi) is 2.11. The van der Waals surface area contributed by atoms with Crippen molar-refractivity contribution in [2.75, 3.05) is 11.9 Å². The van der Waals surface area contributed by atoms with Crippen LogP contribution in [0.3, 0.4) is 0 Å². The summed E-state index contributed by atoms with van der Waals surface area (Å²) in [4.78, 5) is 8.87. The summed E-state index contributed by atoms with van der Waals surface area (Å²) in [5.74, 6) is 0. The lowest BCUT2D eigenvalue weighted by atomic mass is 10.3. The van der Waals surface area contributed by atoms with Crippen molar-refractivity contribution in [2.24, 2.45) is 7.05 Å². The number of fused-ring (bicyclic) bond motifs is 2. The van der Waals surface area contributed by atoms with Gasteiger partial charge < -0.3 is 4.90 Å². The van der Waals surface area contributed by atoms with Gasteiger partial charge in [-0.1, -0.05) is 11.8 Å². The first-order chi connectivity index (χ1) is 7.75. The van der Waals surface area contributed by atoms with Gasteiger partial charge >= 0.3 is 0 Å². The minimum atomic E-state index is 1.21. The maximum atomic E-state index is 4.17. The van der Waals surface area contributed by atoms with Gasteiger partial charge in [0.25, 0.3) is 0 Å². The molecule has 3 heterocycles. The van der Waals surface area contributed by atoms with Crippen molar-refractivity contribution in [1.82, 2.24) is 4.98 Å². The molecule has 0 spiro atoms. The van der Waals surface area contributed by atoms with E-state index >= 15 is 0 Å². The predicted octanol–water partition coefficient (Wildman–Crippen LogP) is 2.14. The third-order valence-corrected chi connectivity index (χ3v) is 3.84. The number of aryl methyl sites for hydroxylation is 1. The highest BCUT2D eigenvalue weighted by molar-refractivity contribution is 7.99. The van der Waals surface area contributed by atoms with Crippen molar-refractivity contribution in [3.8, 4) is 0 Å². The van der Waals surface area contributed by atoms with Gasteiger partial charge in [-0.15, -0.1) is 0 Å². The fraction of sp³-hybridized carbons (Fsp3) is 0.167. The van der Waals surface area contributed by atoms with Crippen LogP contribution in [0.15, 0.2) is 46.7 Å². The van der Waals surface area contributed by atoms with Crippen LogP contribution in [0.5, 0.6) is 0 Å². The first kappa shape index (κ1) is 9.66. The Morgan fingerprint density at radius 3 is 3.00 bits per heavy atom. The molecule has 0 fully saturated rings. The Hall–Kier alpha value is -1.55. The van der Waals surface area contributed by atoms with Crippen LogP contribution in [-0.4, -0.2) is 12.0 Å². The largest absolute Gasteiger partial charge is 0.338 e. The zero-order valence-electron chi connectivity index (χ0n) is 9.21. The first-order valence-corrected chi connectivity index (χ1v) is 5.92. The van der Waals surface area contributed by atoms with Gasteiger partial charge in [-0.05, 0) is 6.07 Å². The zero-order valence-corrected chi connectivity index (χ0v) is 10.0. The van der Waals surface area contributed by atoms with E-state index in [0.29, 0.717) is 0 Å². The quantitative estimate of drug-likeness (QED) is 0.647. The summed E-state index contributed by atoms with van der Waals surface area (Å²) in [5, 5.41) is 0. The number of anilines is 2. The van der Waals surface area contributed by atoms with Gasteiger partial charge in [0.15, 0.2) is 12.4 Å². The SMILES string of the molecule is CN1c2ccncc2Sc2cc[n+](C)cc21. The Morgan fingerprint density at radius 2 is 2.12 bits per heavy atom. The lowest BCUT2D eigenvalue weighted by Gasteiger charge is -2.27. The fourth-order valence-corrected chi connectivity index (χ4v) is 2.97. The molecule has 0 aromatic carbocycles. The molecule has 3 nitrogen and oxygen atoms in total. The molecule has 1 aliphatic heterocycles. The average Bonchev–Trinajstić information content (AvgIpc) is 2.31. The molecule has 0 N–H and O–H groups in total. The molecule has 16 heavy (non-hydrogen) atoms. The molecular weight excluding hydrogens is 218 g/mol. The third-order valence-electron chi connectivity index (χ3n) is 2.74. The minimum absolute atomic E-state index is 1.21. The number of hydrogen-bond donors (Lipinski definition) is 0. The average molecular weight is 230 g/mol. The van der Waals surface area contributed by atoms with E-state index in [2.05, 4.69) is 46.0 Å². The van der Waals surface area contributed by atoms with E-state index in [0.717, 1.165) is 0 Å².